The Morgan fingerprint density at radius 2 is 1.69 bits per heavy atom. The van der Waals surface area contributed by atoms with Gasteiger partial charge in [-0.2, -0.15) is 11.8 Å². The quantitative estimate of drug-likeness (QED) is 0.179. The molecule has 7 nitrogen and oxygen atoms in total. The van der Waals surface area contributed by atoms with Crippen LogP contribution >= 0.6 is 23.4 Å². The maximum Gasteiger partial charge on any atom is 0.341 e. The first-order chi connectivity index (χ1) is 18.8. The molecule has 0 saturated carbocycles. The lowest BCUT2D eigenvalue weighted by Gasteiger charge is -2.24. The Bertz CT molecular complexity index is 1510. The summed E-state index contributed by atoms with van der Waals surface area (Å²) in [5, 5.41) is 30.5. The average Bonchev–Trinajstić information content (AvgIpc) is 2.92. The van der Waals surface area contributed by atoms with Crippen molar-refractivity contribution in [3.05, 3.63) is 106 Å². The minimum absolute atomic E-state index is 0.0487. The molecule has 2 unspecified atom stereocenters. The van der Waals surface area contributed by atoms with Crippen molar-refractivity contribution < 1.29 is 29.6 Å². The summed E-state index contributed by atoms with van der Waals surface area (Å²) in [5.74, 6) is -1.39. The number of nitrogens with zero attached hydrogens (tertiary/aromatic N) is 1. The van der Waals surface area contributed by atoms with Crippen LogP contribution in [0.3, 0.4) is 0 Å². The van der Waals surface area contributed by atoms with Crippen LogP contribution in [0.1, 0.15) is 40.2 Å². The predicted octanol–water partition coefficient (Wildman–Crippen LogP) is 6.50. The number of carboxylic acids is 2. The Hall–Kier alpha value is -3.85. The fraction of sp³-hybridized carbons (Fsp3) is 0.167. The third kappa shape index (κ3) is 8.07. The SMILES string of the molecule is O=C(O)CCSC(c1cccc(C=Cc2ccc3ccc(Cl)cc3n2)c1)C(O)c1cccc(OCC(=O)O)c1. The largest absolute Gasteiger partial charge is 0.482 e. The number of aliphatic hydroxyl groups is 1. The number of carboxylic acid groups (broad SMARTS) is 2. The Morgan fingerprint density at radius 3 is 2.49 bits per heavy atom. The summed E-state index contributed by atoms with van der Waals surface area (Å²) in [7, 11) is 0. The van der Waals surface area contributed by atoms with Crippen molar-refractivity contribution in [2.75, 3.05) is 12.4 Å². The van der Waals surface area contributed by atoms with Crippen molar-refractivity contribution in [3.63, 3.8) is 0 Å². The molecule has 39 heavy (non-hydrogen) atoms. The van der Waals surface area contributed by atoms with Gasteiger partial charge in [0.1, 0.15) is 5.75 Å². The summed E-state index contributed by atoms with van der Waals surface area (Å²) in [6.07, 6.45) is 2.77. The number of aromatic nitrogens is 1. The number of aliphatic carboxylic acids is 2. The number of hydrogen-bond acceptors (Lipinski definition) is 6. The zero-order valence-electron chi connectivity index (χ0n) is 20.7. The van der Waals surface area contributed by atoms with Gasteiger partial charge in [0, 0.05) is 16.2 Å². The standard InChI is InChI=1S/C30H26ClNO6S/c31-23-10-8-20-9-12-24(32-26(20)17-23)11-7-19-3-1-5-22(15-19)30(39-14-13-27(33)34)29(37)21-4-2-6-25(16-21)38-18-28(35)36/h1-12,15-17,29-30,37H,13-14,18H2,(H,33,34)(H,35,36). The average molecular weight is 564 g/mol. The molecule has 0 fully saturated rings. The van der Waals surface area contributed by atoms with Gasteiger partial charge in [0.2, 0.25) is 0 Å². The van der Waals surface area contributed by atoms with Crippen molar-refractivity contribution in [2.24, 2.45) is 0 Å². The van der Waals surface area contributed by atoms with Gasteiger partial charge in [-0.15, -0.1) is 0 Å². The normalized spacial score (nSPS) is 12.9. The highest BCUT2D eigenvalue weighted by Gasteiger charge is 2.24. The first kappa shape index (κ1) is 28.2. The number of hydrogen-bond donors (Lipinski definition) is 3. The maximum absolute atomic E-state index is 11.3. The summed E-state index contributed by atoms with van der Waals surface area (Å²) in [6, 6.07) is 23.7. The van der Waals surface area contributed by atoms with E-state index < -0.39 is 29.9 Å². The Labute approximate surface area is 234 Å². The maximum atomic E-state index is 11.3. The van der Waals surface area contributed by atoms with Crippen molar-refractivity contribution in [3.8, 4) is 5.75 Å². The second-order valence-corrected chi connectivity index (χ2v) is 10.4. The van der Waals surface area contributed by atoms with Crippen LogP contribution in [0.2, 0.25) is 5.02 Å². The molecule has 0 radical (unpaired) electrons. The lowest BCUT2D eigenvalue weighted by atomic mass is 9.99. The van der Waals surface area contributed by atoms with Crippen molar-refractivity contribution >= 4 is 58.4 Å². The van der Waals surface area contributed by atoms with E-state index in [4.69, 9.17) is 26.6 Å². The summed E-state index contributed by atoms with van der Waals surface area (Å²) in [6.45, 7) is -0.496. The molecule has 0 spiro atoms. The molecular formula is C30H26ClNO6S. The second kappa shape index (κ2) is 13.3. The smallest absolute Gasteiger partial charge is 0.341 e. The van der Waals surface area contributed by atoms with E-state index in [9.17, 15) is 14.7 Å². The van der Waals surface area contributed by atoms with Crippen LogP contribution in [0.4, 0.5) is 0 Å². The number of carbonyl (C=O) groups is 2. The Kier molecular flexibility index (Phi) is 9.59. The van der Waals surface area contributed by atoms with Crippen molar-refractivity contribution in [2.45, 2.75) is 17.8 Å². The van der Waals surface area contributed by atoms with Crippen LogP contribution in [0.25, 0.3) is 23.1 Å². The van der Waals surface area contributed by atoms with Gasteiger partial charge in [0.15, 0.2) is 6.61 Å². The van der Waals surface area contributed by atoms with Gasteiger partial charge in [0.05, 0.1) is 29.0 Å². The summed E-state index contributed by atoms with van der Waals surface area (Å²) in [5.41, 5.74) is 3.79. The topological polar surface area (TPSA) is 117 Å². The van der Waals surface area contributed by atoms with E-state index in [1.807, 2.05) is 66.7 Å². The lowest BCUT2D eigenvalue weighted by Crippen LogP contribution is -2.12. The van der Waals surface area contributed by atoms with Crippen molar-refractivity contribution in [1.29, 1.82) is 0 Å². The summed E-state index contributed by atoms with van der Waals surface area (Å²) >= 11 is 7.45. The van der Waals surface area contributed by atoms with Crippen LogP contribution in [0, 0.1) is 0 Å². The molecule has 4 aromatic rings. The molecule has 0 saturated heterocycles. The zero-order chi connectivity index (χ0) is 27.8. The number of benzene rings is 3. The zero-order valence-corrected chi connectivity index (χ0v) is 22.3. The number of fused-ring (bicyclic) bond motifs is 1. The third-order valence-electron chi connectivity index (χ3n) is 5.82. The van der Waals surface area contributed by atoms with Gasteiger partial charge in [-0.25, -0.2) is 9.78 Å². The molecular weight excluding hydrogens is 538 g/mol. The molecule has 0 bridgehead atoms. The molecule has 0 aliphatic rings. The van der Waals surface area contributed by atoms with E-state index in [-0.39, 0.29) is 6.42 Å². The number of aliphatic hydroxyl groups excluding tert-OH is 1. The van der Waals surface area contributed by atoms with E-state index in [1.165, 1.54) is 11.8 Å². The fourth-order valence-electron chi connectivity index (χ4n) is 3.97. The fourth-order valence-corrected chi connectivity index (χ4v) is 5.36. The number of halogens is 1. The van der Waals surface area contributed by atoms with E-state index in [0.717, 1.165) is 27.7 Å². The van der Waals surface area contributed by atoms with Gasteiger partial charge in [-0.3, -0.25) is 4.79 Å². The molecule has 0 aliphatic heterocycles. The van der Waals surface area contributed by atoms with Gasteiger partial charge >= 0.3 is 11.9 Å². The highest BCUT2D eigenvalue weighted by molar-refractivity contribution is 7.99. The van der Waals surface area contributed by atoms with Gasteiger partial charge in [-0.05, 0) is 53.1 Å². The minimum Gasteiger partial charge on any atom is -0.482 e. The van der Waals surface area contributed by atoms with Crippen LogP contribution in [0.5, 0.6) is 5.75 Å². The van der Waals surface area contributed by atoms with Gasteiger partial charge in [-0.1, -0.05) is 66.2 Å². The molecule has 3 aromatic carbocycles. The van der Waals surface area contributed by atoms with Gasteiger partial charge in [0.25, 0.3) is 0 Å². The first-order valence-electron chi connectivity index (χ1n) is 12.1. The minimum atomic E-state index is -1.10. The van der Waals surface area contributed by atoms with E-state index in [0.29, 0.717) is 22.1 Å². The summed E-state index contributed by atoms with van der Waals surface area (Å²) in [4.78, 5) is 26.7. The molecule has 3 N–H and O–H groups in total. The molecule has 200 valence electrons. The van der Waals surface area contributed by atoms with Crippen molar-refractivity contribution in [1.82, 2.24) is 4.98 Å². The Morgan fingerprint density at radius 1 is 0.923 bits per heavy atom. The van der Waals surface area contributed by atoms with Crippen LogP contribution in [0.15, 0.2) is 78.9 Å². The van der Waals surface area contributed by atoms with E-state index in [1.54, 1.807) is 24.3 Å². The molecule has 1 heterocycles. The summed E-state index contributed by atoms with van der Waals surface area (Å²) < 4.78 is 5.27. The highest BCUT2D eigenvalue weighted by atomic mass is 35.5. The number of thioether (sulfide) groups is 1. The molecule has 9 heteroatoms. The van der Waals surface area contributed by atoms with Crippen LogP contribution in [-0.2, 0) is 9.59 Å². The first-order valence-corrected chi connectivity index (χ1v) is 13.5. The van der Waals surface area contributed by atoms with Gasteiger partial charge < -0.3 is 20.1 Å². The lowest BCUT2D eigenvalue weighted by molar-refractivity contribution is -0.139. The highest BCUT2D eigenvalue weighted by Crippen LogP contribution is 2.41. The number of ether oxygens (including phenoxy) is 1. The molecule has 2 atom stereocenters. The molecule has 1 aromatic heterocycles. The monoisotopic (exact) mass is 563 g/mol. The predicted molar refractivity (Wildman–Crippen MR) is 154 cm³/mol. The van der Waals surface area contributed by atoms with Crippen LogP contribution in [-0.4, -0.2) is 44.6 Å². The Balaban J connectivity index is 1.59. The molecule has 0 amide bonds. The number of rotatable bonds is 12. The molecule has 4 rings (SSSR count). The van der Waals surface area contributed by atoms with Crippen LogP contribution < -0.4 is 4.74 Å². The third-order valence-corrected chi connectivity index (χ3v) is 7.39. The van der Waals surface area contributed by atoms with E-state index in [2.05, 4.69) is 4.98 Å². The molecule has 0 aliphatic carbocycles. The second-order valence-electron chi connectivity index (χ2n) is 8.71. The van der Waals surface area contributed by atoms with E-state index >= 15 is 0 Å². The number of pyridine rings is 1.